The minimum absolute atomic E-state index is 0.0922. The van der Waals surface area contributed by atoms with E-state index in [-0.39, 0.29) is 18.1 Å². The van der Waals surface area contributed by atoms with Gasteiger partial charge >= 0.3 is 0 Å². The molecule has 5 heteroatoms. The molecule has 3 nitrogen and oxygen atoms in total. The number of hydrogen-bond acceptors (Lipinski definition) is 2. The van der Waals surface area contributed by atoms with Crippen molar-refractivity contribution in [1.29, 1.82) is 0 Å². The molecule has 0 saturated carbocycles. The van der Waals surface area contributed by atoms with Crippen LogP contribution in [0.3, 0.4) is 0 Å². The molecule has 1 aliphatic heterocycles. The Labute approximate surface area is 57.3 Å². The van der Waals surface area contributed by atoms with E-state index in [1.54, 1.807) is 0 Å². The molecule has 0 aliphatic carbocycles. The summed E-state index contributed by atoms with van der Waals surface area (Å²) in [6, 6.07) is 0. The zero-order chi connectivity index (χ0) is 6.85. The highest BCUT2D eigenvalue weighted by molar-refractivity contribution is 6.81. The largest absolute Gasteiger partial charge is 0.300 e. The van der Waals surface area contributed by atoms with E-state index in [9.17, 15) is 9.59 Å². The van der Waals surface area contributed by atoms with E-state index >= 15 is 0 Å². The van der Waals surface area contributed by atoms with Gasteiger partial charge in [-0.1, -0.05) is 17.6 Å². The lowest BCUT2D eigenvalue weighted by molar-refractivity contribution is -0.115. The van der Waals surface area contributed by atoms with Gasteiger partial charge in [0.25, 0.3) is 13.2 Å². The molecule has 46 valence electrons. The van der Waals surface area contributed by atoms with Crippen LogP contribution in [0.25, 0.3) is 0 Å². The monoisotopic (exact) mass is 143 g/mol. The Hall–Kier alpha value is -0.765. The van der Waals surface area contributed by atoms with Crippen molar-refractivity contribution < 1.29 is 9.59 Å². The number of halogens is 1. The number of imide groups is 1. The maximum atomic E-state index is 10.5. The van der Waals surface area contributed by atoms with Crippen LogP contribution in [0, 0.1) is 0 Å². The molecule has 0 spiro atoms. The second-order valence-electron chi connectivity index (χ2n) is 1.63. The Morgan fingerprint density at radius 1 is 1.56 bits per heavy atom. The molecular formula is C4H3BClNO2. The highest BCUT2D eigenvalue weighted by Crippen LogP contribution is 2.02. The minimum atomic E-state index is -0.507. The Kier molecular flexibility index (Phi) is 1.57. The summed E-state index contributed by atoms with van der Waals surface area (Å²) in [5.41, 5.74) is 0. The maximum Gasteiger partial charge on any atom is 0.267 e. The first-order chi connectivity index (χ1) is 4.20. The van der Waals surface area contributed by atoms with Crippen molar-refractivity contribution in [1.82, 2.24) is 5.32 Å². The third-order valence-corrected chi connectivity index (χ3v) is 1.26. The average molecular weight is 143 g/mol. The molecule has 0 aromatic heterocycles. The highest BCUT2D eigenvalue weighted by Gasteiger charge is 2.16. The molecule has 0 unspecified atom stereocenters. The van der Waals surface area contributed by atoms with Crippen molar-refractivity contribution in [2.45, 2.75) is 0 Å². The molecule has 1 rings (SSSR count). The van der Waals surface area contributed by atoms with Crippen molar-refractivity contribution in [3.8, 4) is 0 Å². The minimum Gasteiger partial charge on any atom is -0.300 e. The highest BCUT2D eigenvalue weighted by atomic mass is 35.5. The Bertz CT molecular complexity index is 201. The molecule has 1 N–H and O–H groups in total. The lowest BCUT2D eigenvalue weighted by Gasteiger charge is -2.04. The van der Waals surface area contributed by atoms with Crippen LogP contribution in [0.2, 0.25) is 0 Å². The molecule has 0 aromatic carbocycles. The molecule has 9 heavy (non-hydrogen) atoms. The molecule has 1 aliphatic rings. The van der Waals surface area contributed by atoms with E-state index < -0.39 is 5.91 Å². The van der Waals surface area contributed by atoms with Gasteiger partial charge in [0.15, 0.2) is 5.81 Å². The normalized spacial score (nSPS) is 18.1. The standard InChI is InChI=1S/C4H3BClNO2/c6-2-1-5-4(9)7-3(2)8/h1,5H,(H,7,8,9). The van der Waals surface area contributed by atoms with Gasteiger partial charge in [-0.2, -0.15) is 0 Å². The smallest absolute Gasteiger partial charge is 0.267 e. The summed E-state index contributed by atoms with van der Waals surface area (Å²) in [5, 5.41) is 2.14. The third kappa shape index (κ3) is 1.32. The topological polar surface area (TPSA) is 46.2 Å². The first-order valence-electron chi connectivity index (χ1n) is 2.40. The Morgan fingerprint density at radius 3 is 2.67 bits per heavy atom. The molecule has 0 saturated heterocycles. The van der Waals surface area contributed by atoms with Crippen molar-refractivity contribution in [3.05, 3.63) is 11.0 Å². The molecule has 0 fully saturated rings. The molecule has 0 radical (unpaired) electrons. The summed E-state index contributed by atoms with van der Waals surface area (Å²) >= 11 is 5.33. The van der Waals surface area contributed by atoms with Crippen LogP contribution in [-0.2, 0) is 4.79 Å². The number of carbonyl (C=O) groups excluding carboxylic acids is 2. The number of hydrogen-bond donors (Lipinski definition) is 1. The van der Waals surface area contributed by atoms with E-state index in [1.807, 2.05) is 0 Å². The summed E-state index contributed by atoms with van der Waals surface area (Å²) in [6.07, 6.45) is 0. The van der Waals surface area contributed by atoms with Gasteiger partial charge in [-0.05, 0) is 0 Å². The fourth-order valence-electron chi connectivity index (χ4n) is 0.512. The quantitative estimate of drug-likeness (QED) is 0.475. The van der Waals surface area contributed by atoms with Crippen molar-refractivity contribution in [2.75, 3.05) is 0 Å². The van der Waals surface area contributed by atoms with Gasteiger partial charge < -0.3 is 5.32 Å². The van der Waals surface area contributed by atoms with Gasteiger partial charge in [0.2, 0.25) is 0 Å². The molecular weight excluding hydrogens is 140 g/mol. The van der Waals surface area contributed by atoms with Crippen LogP contribution in [0.15, 0.2) is 11.0 Å². The molecule has 0 bridgehead atoms. The average Bonchev–Trinajstić information content (AvgIpc) is 1.80. The van der Waals surface area contributed by atoms with Crippen LogP contribution in [0.4, 0.5) is 4.79 Å². The van der Waals surface area contributed by atoms with E-state index in [2.05, 4.69) is 5.32 Å². The van der Waals surface area contributed by atoms with Crippen LogP contribution >= 0.6 is 11.6 Å². The van der Waals surface area contributed by atoms with Gasteiger partial charge in [-0.25, -0.2) is 0 Å². The lowest BCUT2D eigenvalue weighted by Crippen LogP contribution is -2.36. The van der Waals surface area contributed by atoms with E-state index in [0.717, 1.165) is 0 Å². The van der Waals surface area contributed by atoms with Crippen LogP contribution < -0.4 is 5.32 Å². The summed E-state index contributed by atoms with van der Waals surface area (Å²) in [6.45, 7) is 0. The lowest BCUT2D eigenvalue weighted by atomic mass is 9.75. The fraction of sp³-hybridized carbons (Fsp3) is 0. The summed E-state index contributed by atoms with van der Waals surface area (Å²) in [4.78, 5) is 20.9. The van der Waals surface area contributed by atoms with Crippen molar-refractivity contribution >= 4 is 30.6 Å². The summed E-state index contributed by atoms with van der Waals surface area (Å²) in [5.74, 6) is 0.584. The van der Waals surface area contributed by atoms with Gasteiger partial charge in [0.1, 0.15) is 0 Å². The van der Waals surface area contributed by atoms with Gasteiger partial charge in [0.05, 0.1) is 5.03 Å². The number of amides is 2. The predicted molar refractivity (Wildman–Crippen MR) is 34.6 cm³/mol. The van der Waals surface area contributed by atoms with Gasteiger partial charge in [-0.3, -0.25) is 9.59 Å². The van der Waals surface area contributed by atoms with E-state index in [0.29, 0.717) is 0 Å². The van der Waals surface area contributed by atoms with Crippen molar-refractivity contribution in [2.24, 2.45) is 0 Å². The number of rotatable bonds is 0. The third-order valence-electron chi connectivity index (χ3n) is 0.937. The molecule has 0 atom stereocenters. The van der Waals surface area contributed by atoms with Crippen LogP contribution in [-0.4, -0.2) is 19.0 Å². The maximum absolute atomic E-state index is 10.5. The number of nitrogens with one attached hydrogen (secondary N) is 1. The molecule has 0 aromatic rings. The fourth-order valence-corrected chi connectivity index (χ4v) is 0.637. The summed E-state index contributed by atoms with van der Waals surface area (Å²) in [7, 11) is 0.199. The molecule has 1 heterocycles. The SMILES string of the molecule is O=C1BC=C(Cl)C(=O)N1. The Morgan fingerprint density at radius 2 is 2.22 bits per heavy atom. The van der Waals surface area contributed by atoms with E-state index in [4.69, 9.17) is 11.6 Å². The summed E-state index contributed by atoms with van der Waals surface area (Å²) < 4.78 is 0. The first-order valence-corrected chi connectivity index (χ1v) is 2.78. The van der Waals surface area contributed by atoms with Crippen LogP contribution in [0.5, 0.6) is 0 Å². The second-order valence-corrected chi connectivity index (χ2v) is 2.04. The van der Waals surface area contributed by atoms with Gasteiger partial charge in [0, 0.05) is 0 Å². The molecule has 2 amide bonds. The predicted octanol–water partition coefficient (Wildman–Crippen LogP) is -0.247. The second kappa shape index (κ2) is 2.23. The zero-order valence-corrected chi connectivity index (χ0v) is 5.23. The van der Waals surface area contributed by atoms with Crippen LogP contribution in [0.1, 0.15) is 0 Å². The number of carbonyl (C=O) groups is 2. The first kappa shape index (κ1) is 6.36. The van der Waals surface area contributed by atoms with Crippen molar-refractivity contribution in [3.63, 3.8) is 0 Å². The van der Waals surface area contributed by atoms with Gasteiger partial charge in [-0.15, -0.1) is 0 Å². The Balaban J connectivity index is 2.79. The van der Waals surface area contributed by atoms with E-state index in [1.165, 1.54) is 5.98 Å². The zero-order valence-electron chi connectivity index (χ0n) is 4.48.